The molecule has 0 bridgehead atoms. The van der Waals surface area contributed by atoms with Crippen LogP contribution in [-0.2, 0) is 4.79 Å². The van der Waals surface area contributed by atoms with Gasteiger partial charge in [-0.25, -0.2) is 0 Å². The van der Waals surface area contributed by atoms with Crippen LogP contribution in [0.4, 0.5) is 0 Å². The van der Waals surface area contributed by atoms with E-state index >= 15 is 0 Å². The van der Waals surface area contributed by atoms with Gasteiger partial charge in [0.25, 0.3) is 5.91 Å². The van der Waals surface area contributed by atoms with Crippen molar-refractivity contribution >= 4 is 5.91 Å². The quantitative estimate of drug-likeness (QED) is 0.670. The topological polar surface area (TPSA) is 50.4 Å². The fraction of sp³-hybridized carbons (Fsp3) is 0.286. The number of carbonyl (C=O) groups is 1. The van der Waals surface area contributed by atoms with E-state index in [1.54, 1.807) is 0 Å². The summed E-state index contributed by atoms with van der Waals surface area (Å²) in [7, 11) is 0. The van der Waals surface area contributed by atoms with Gasteiger partial charge in [0.1, 0.15) is 5.75 Å². The molecule has 1 amide bonds. The molecule has 2 aromatic carbocycles. The molecule has 0 heterocycles. The molecule has 0 aliphatic rings. The van der Waals surface area contributed by atoms with Gasteiger partial charge in [-0.2, -0.15) is 0 Å². The van der Waals surface area contributed by atoms with Crippen LogP contribution in [0.5, 0.6) is 5.75 Å². The van der Waals surface area contributed by atoms with E-state index in [0.29, 0.717) is 11.7 Å². The van der Waals surface area contributed by atoms with Gasteiger partial charge in [-0.05, 0) is 30.4 Å². The number of nitrogens with one attached hydrogen (secondary N) is 2. The first kappa shape index (κ1) is 18.6. The number of hydrogen-bond donors (Lipinski definition) is 2. The molecule has 132 valence electrons. The fourth-order valence-electron chi connectivity index (χ4n) is 2.31. The molecule has 0 aliphatic heterocycles. The minimum atomic E-state index is -0.242. The summed E-state index contributed by atoms with van der Waals surface area (Å²) in [6.07, 6.45) is 1.86. The molecule has 0 radical (unpaired) electrons. The lowest BCUT2D eigenvalue weighted by molar-refractivity contribution is -0.123. The summed E-state index contributed by atoms with van der Waals surface area (Å²) in [5.74, 6) is 1.04. The Hall–Kier alpha value is -2.75. The van der Waals surface area contributed by atoms with Gasteiger partial charge in [0.2, 0.25) is 0 Å². The van der Waals surface area contributed by atoms with E-state index in [4.69, 9.17) is 4.74 Å². The van der Waals surface area contributed by atoms with Gasteiger partial charge in [-0.1, -0.05) is 69.0 Å². The summed E-state index contributed by atoms with van der Waals surface area (Å²) in [5, 5.41) is 0. The van der Waals surface area contributed by atoms with Crippen LogP contribution in [-0.4, -0.2) is 12.5 Å². The van der Waals surface area contributed by atoms with Crippen molar-refractivity contribution in [2.75, 3.05) is 6.61 Å². The van der Waals surface area contributed by atoms with Crippen LogP contribution in [0.1, 0.15) is 26.7 Å². The van der Waals surface area contributed by atoms with E-state index in [2.05, 4.69) is 31.3 Å². The number of carbonyl (C=O) groups excluding carboxylic acids is 1. The molecule has 25 heavy (non-hydrogen) atoms. The number of rotatable bonds is 9. The molecule has 0 aromatic heterocycles. The Kier molecular flexibility index (Phi) is 7.08. The third kappa shape index (κ3) is 6.34. The number of benzene rings is 2. The van der Waals surface area contributed by atoms with Crippen molar-refractivity contribution in [2.45, 2.75) is 26.7 Å². The monoisotopic (exact) mass is 338 g/mol. The molecule has 0 unspecified atom stereocenters. The molecule has 2 N–H and O–H groups in total. The zero-order chi connectivity index (χ0) is 18.1. The lowest BCUT2D eigenvalue weighted by atomic mass is 10.1. The maximum Gasteiger partial charge on any atom is 0.276 e. The minimum Gasteiger partial charge on any atom is -0.483 e. The first-order valence-corrected chi connectivity index (χ1v) is 8.56. The zero-order valence-corrected chi connectivity index (χ0v) is 14.9. The summed E-state index contributed by atoms with van der Waals surface area (Å²) in [4.78, 5) is 12.0. The molecule has 4 nitrogen and oxygen atoms in total. The number of para-hydroxylation sites is 1. The predicted octanol–water partition coefficient (Wildman–Crippen LogP) is 4.30. The lowest BCUT2D eigenvalue weighted by Crippen LogP contribution is -2.39. The second-order valence-electron chi connectivity index (χ2n) is 6.36. The summed E-state index contributed by atoms with van der Waals surface area (Å²) in [5.41, 5.74) is 8.28. The Balaban J connectivity index is 1.85. The van der Waals surface area contributed by atoms with Gasteiger partial charge in [-0.15, -0.1) is 0 Å². The largest absolute Gasteiger partial charge is 0.483 e. The van der Waals surface area contributed by atoms with Gasteiger partial charge >= 0.3 is 0 Å². The van der Waals surface area contributed by atoms with Gasteiger partial charge < -0.3 is 10.2 Å². The minimum absolute atomic E-state index is 0.0612. The Labute approximate surface area is 149 Å². The normalized spacial score (nSPS) is 10.4. The summed E-state index contributed by atoms with van der Waals surface area (Å²) < 4.78 is 5.70. The Morgan fingerprint density at radius 1 is 1.04 bits per heavy atom. The molecule has 0 atom stereocenters. The van der Waals surface area contributed by atoms with E-state index < -0.39 is 0 Å². The molecular formula is C21H26N2O2. The van der Waals surface area contributed by atoms with E-state index in [1.807, 2.05) is 54.6 Å². The Morgan fingerprint density at radius 2 is 1.72 bits per heavy atom. The smallest absolute Gasteiger partial charge is 0.276 e. The van der Waals surface area contributed by atoms with Crippen LogP contribution in [0.3, 0.4) is 0 Å². The molecule has 2 rings (SSSR count). The number of amides is 1. The molecule has 4 heteroatoms. The molecule has 0 saturated heterocycles. The van der Waals surface area contributed by atoms with Crippen molar-refractivity contribution in [3.8, 4) is 16.9 Å². The van der Waals surface area contributed by atoms with Crippen molar-refractivity contribution in [1.82, 2.24) is 10.9 Å². The number of ether oxygens (including phenoxy) is 1. The van der Waals surface area contributed by atoms with E-state index in [0.717, 1.165) is 29.7 Å². The van der Waals surface area contributed by atoms with Crippen molar-refractivity contribution < 1.29 is 9.53 Å². The summed E-state index contributed by atoms with van der Waals surface area (Å²) >= 11 is 0. The van der Waals surface area contributed by atoms with Crippen LogP contribution in [0.15, 0.2) is 66.9 Å². The number of hydrazine groups is 1. The average Bonchev–Trinajstić information content (AvgIpc) is 2.64. The Bertz CT molecular complexity index is 696. The first-order valence-electron chi connectivity index (χ1n) is 8.56. The Morgan fingerprint density at radius 3 is 2.44 bits per heavy atom. The van der Waals surface area contributed by atoms with Crippen LogP contribution >= 0.6 is 0 Å². The second-order valence-corrected chi connectivity index (χ2v) is 6.36. The van der Waals surface area contributed by atoms with Crippen LogP contribution in [0.25, 0.3) is 11.1 Å². The molecular weight excluding hydrogens is 312 g/mol. The predicted molar refractivity (Wildman–Crippen MR) is 102 cm³/mol. The van der Waals surface area contributed by atoms with Gasteiger partial charge in [0.05, 0.1) is 0 Å². The van der Waals surface area contributed by atoms with Gasteiger partial charge in [0, 0.05) is 11.3 Å². The number of hydrogen-bond acceptors (Lipinski definition) is 3. The molecule has 0 aliphatic carbocycles. The highest BCUT2D eigenvalue weighted by atomic mass is 16.5. The van der Waals surface area contributed by atoms with E-state index in [1.165, 1.54) is 0 Å². The molecule has 0 saturated carbocycles. The second kappa shape index (κ2) is 9.52. The highest BCUT2D eigenvalue weighted by Gasteiger charge is 2.08. The highest BCUT2D eigenvalue weighted by molar-refractivity contribution is 5.78. The van der Waals surface area contributed by atoms with Crippen molar-refractivity contribution in [2.24, 2.45) is 5.92 Å². The maximum absolute atomic E-state index is 12.0. The third-order valence-corrected chi connectivity index (χ3v) is 3.73. The van der Waals surface area contributed by atoms with Crippen LogP contribution in [0, 0.1) is 5.92 Å². The summed E-state index contributed by atoms with van der Waals surface area (Å²) in [6.45, 7) is 8.16. The van der Waals surface area contributed by atoms with Crippen LogP contribution < -0.4 is 15.6 Å². The van der Waals surface area contributed by atoms with Crippen LogP contribution in [0.2, 0.25) is 0 Å². The standard InChI is InChI=1S/C21H26N2O2/c1-16(2)13-14-17(3)22-23-21(24)15-25-20-12-8-7-11-19(20)18-9-5-4-6-10-18/h4-12,16,22H,3,13-15H2,1-2H3,(H,23,24). The van der Waals surface area contributed by atoms with Crippen molar-refractivity contribution in [3.63, 3.8) is 0 Å². The highest BCUT2D eigenvalue weighted by Crippen LogP contribution is 2.29. The molecule has 0 fully saturated rings. The van der Waals surface area contributed by atoms with E-state index in [9.17, 15) is 4.79 Å². The van der Waals surface area contributed by atoms with Crippen molar-refractivity contribution in [1.29, 1.82) is 0 Å². The molecule has 2 aromatic rings. The van der Waals surface area contributed by atoms with Crippen molar-refractivity contribution in [3.05, 3.63) is 66.9 Å². The third-order valence-electron chi connectivity index (χ3n) is 3.73. The van der Waals surface area contributed by atoms with Gasteiger partial charge in [0.15, 0.2) is 6.61 Å². The zero-order valence-electron chi connectivity index (χ0n) is 14.9. The average molecular weight is 338 g/mol. The molecule has 0 spiro atoms. The maximum atomic E-state index is 12.0. The first-order chi connectivity index (χ1) is 12.1. The lowest BCUT2D eigenvalue weighted by Gasteiger charge is -2.14. The number of allylic oxidation sites excluding steroid dienone is 1. The fourth-order valence-corrected chi connectivity index (χ4v) is 2.31. The van der Waals surface area contributed by atoms with E-state index in [-0.39, 0.29) is 12.5 Å². The summed E-state index contributed by atoms with van der Waals surface area (Å²) in [6, 6.07) is 17.7. The van der Waals surface area contributed by atoms with Gasteiger partial charge in [-0.3, -0.25) is 10.2 Å². The SMILES string of the molecule is C=C(CCC(C)C)NNC(=O)COc1ccccc1-c1ccccc1.